The number of aromatic nitrogens is 2. The number of hydrogen-bond donors (Lipinski definition) is 0. The van der Waals surface area contributed by atoms with Gasteiger partial charge >= 0.3 is 0 Å². The van der Waals surface area contributed by atoms with Gasteiger partial charge in [0.2, 0.25) is 5.89 Å². The SMILES string of the molecule is COc1ccc(Cc2nn(CN3CCO[C@H](C)C3)c(=S)o2)cc1. The minimum absolute atomic E-state index is 0.239. The van der Waals surface area contributed by atoms with Crippen molar-refractivity contribution < 1.29 is 13.9 Å². The Balaban J connectivity index is 1.66. The molecule has 3 rings (SSSR count). The van der Waals surface area contributed by atoms with E-state index in [0.717, 1.165) is 31.0 Å². The lowest BCUT2D eigenvalue weighted by atomic mass is 10.1. The number of nitrogens with zero attached hydrogens (tertiary/aromatic N) is 3. The number of methoxy groups -OCH3 is 1. The zero-order chi connectivity index (χ0) is 16.2. The largest absolute Gasteiger partial charge is 0.497 e. The molecule has 2 heterocycles. The van der Waals surface area contributed by atoms with Gasteiger partial charge in [-0.1, -0.05) is 12.1 Å². The Morgan fingerprint density at radius 3 is 2.83 bits per heavy atom. The molecule has 6 nitrogen and oxygen atoms in total. The van der Waals surface area contributed by atoms with Crippen LogP contribution in [0.5, 0.6) is 5.75 Å². The summed E-state index contributed by atoms with van der Waals surface area (Å²) in [7, 11) is 1.65. The van der Waals surface area contributed by atoms with Crippen LogP contribution in [-0.4, -0.2) is 47.6 Å². The first-order valence-electron chi connectivity index (χ1n) is 7.68. The molecule has 1 aliphatic rings. The van der Waals surface area contributed by atoms with Crippen LogP contribution in [0, 0.1) is 4.84 Å². The molecule has 0 amide bonds. The summed E-state index contributed by atoms with van der Waals surface area (Å²) < 4.78 is 18.1. The van der Waals surface area contributed by atoms with Crippen LogP contribution >= 0.6 is 12.2 Å². The molecule has 0 N–H and O–H groups in total. The van der Waals surface area contributed by atoms with Crippen LogP contribution in [0.3, 0.4) is 0 Å². The summed E-state index contributed by atoms with van der Waals surface area (Å²) in [4.78, 5) is 2.68. The first-order valence-corrected chi connectivity index (χ1v) is 8.08. The topological polar surface area (TPSA) is 52.7 Å². The fourth-order valence-electron chi connectivity index (χ4n) is 2.64. The molecule has 0 saturated carbocycles. The van der Waals surface area contributed by atoms with Crippen LogP contribution in [-0.2, 0) is 17.8 Å². The zero-order valence-corrected chi connectivity index (χ0v) is 14.2. The van der Waals surface area contributed by atoms with Crippen molar-refractivity contribution in [3.8, 4) is 5.75 Å². The van der Waals surface area contributed by atoms with Crippen molar-refractivity contribution in [3.05, 3.63) is 40.6 Å². The van der Waals surface area contributed by atoms with Crippen molar-refractivity contribution in [1.29, 1.82) is 0 Å². The fraction of sp³-hybridized carbons (Fsp3) is 0.500. The molecule has 0 spiro atoms. The van der Waals surface area contributed by atoms with Gasteiger partial charge in [0.25, 0.3) is 4.84 Å². The highest BCUT2D eigenvalue weighted by Gasteiger charge is 2.18. The van der Waals surface area contributed by atoms with E-state index in [1.54, 1.807) is 11.8 Å². The lowest BCUT2D eigenvalue weighted by Gasteiger charge is -2.30. The molecule has 1 aromatic carbocycles. The second-order valence-electron chi connectivity index (χ2n) is 5.69. The molecule has 2 aromatic rings. The molecule has 1 aromatic heterocycles. The lowest BCUT2D eigenvalue weighted by molar-refractivity contribution is -0.0309. The summed E-state index contributed by atoms with van der Waals surface area (Å²) in [6, 6.07) is 7.85. The molecule has 0 radical (unpaired) electrons. The van der Waals surface area contributed by atoms with Crippen LogP contribution in [0.25, 0.3) is 0 Å². The Labute approximate surface area is 140 Å². The maximum atomic E-state index is 5.62. The summed E-state index contributed by atoms with van der Waals surface area (Å²) in [5, 5.41) is 4.50. The molecule has 124 valence electrons. The van der Waals surface area contributed by atoms with E-state index in [2.05, 4.69) is 16.9 Å². The Kier molecular flexibility index (Phi) is 5.09. The zero-order valence-electron chi connectivity index (χ0n) is 13.4. The maximum Gasteiger partial charge on any atom is 0.288 e. The third-order valence-electron chi connectivity index (χ3n) is 3.82. The van der Waals surface area contributed by atoms with E-state index in [1.165, 1.54) is 0 Å². The Hall–Kier alpha value is -1.70. The summed E-state index contributed by atoms with van der Waals surface area (Å²) in [6.45, 7) is 5.21. The maximum absolute atomic E-state index is 5.62. The first-order chi connectivity index (χ1) is 11.1. The van der Waals surface area contributed by atoms with Gasteiger partial charge in [0.1, 0.15) is 5.75 Å². The molecular formula is C16H21N3O3S. The Morgan fingerprint density at radius 1 is 1.35 bits per heavy atom. The number of hydrogen-bond acceptors (Lipinski definition) is 6. The van der Waals surface area contributed by atoms with Gasteiger partial charge in [-0.3, -0.25) is 4.90 Å². The normalized spacial score (nSPS) is 19.0. The van der Waals surface area contributed by atoms with E-state index in [-0.39, 0.29) is 6.10 Å². The Bertz CT molecular complexity index is 695. The van der Waals surface area contributed by atoms with E-state index >= 15 is 0 Å². The van der Waals surface area contributed by atoms with E-state index in [1.807, 2.05) is 24.3 Å². The number of benzene rings is 1. The highest BCUT2D eigenvalue weighted by Crippen LogP contribution is 2.15. The third-order valence-corrected chi connectivity index (χ3v) is 4.12. The number of rotatable bonds is 5. The lowest BCUT2D eigenvalue weighted by Crippen LogP contribution is -2.42. The molecule has 0 aliphatic carbocycles. The van der Waals surface area contributed by atoms with Gasteiger partial charge in [-0.15, -0.1) is 5.10 Å². The summed E-state index contributed by atoms with van der Waals surface area (Å²) in [5.41, 5.74) is 1.11. The van der Waals surface area contributed by atoms with Crippen molar-refractivity contribution in [2.75, 3.05) is 26.8 Å². The average molecular weight is 335 g/mol. The highest BCUT2D eigenvalue weighted by atomic mass is 32.1. The van der Waals surface area contributed by atoms with Crippen molar-refractivity contribution in [1.82, 2.24) is 14.7 Å². The van der Waals surface area contributed by atoms with Gasteiger partial charge < -0.3 is 13.9 Å². The van der Waals surface area contributed by atoms with E-state index < -0.39 is 0 Å². The molecule has 1 fully saturated rings. The number of morpholine rings is 1. The first kappa shape index (κ1) is 16.2. The van der Waals surface area contributed by atoms with E-state index in [0.29, 0.717) is 23.8 Å². The smallest absolute Gasteiger partial charge is 0.288 e. The molecule has 1 atom stereocenters. The average Bonchev–Trinajstić information content (AvgIpc) is 2.87. The minimum Gasteiger partial charge on any atom is -0.497 e. The van der Waals surface area contributed by atoms with Crippen LogP contribution in [0.1, 0.15) is 18.4 Å². The van der Waals surface area contributed by atoms with Crippen LogP contribution < -0.4 is 4.74 Å². The minimum atomic E-state index is 0.239. The van der Waals surface area contributed by atoms with Gasteiger partial charge in [-0.05, 0) is 36.8 Å². The molecule has 23 heavy (non-hydrogen) atoms. The molecule has 0 unspecified atom stereocenters. The van der Waals surface area contributed by atoms with Gasteiger partial charge in [0.05, 0.1) is 32.9 Å². The number of ether oxygens (including phenoxy) is 2. The van der Waals surface area contributed by atoms with E-state index in [4.69, 9.17) is 26.1 Å². The Morgan fingerprint density at radius 2 is 2.13 bits per heavy atom. The van der Waals surface area contributed by atoms with E-state index in [9.17, 15) is 0 Å². The summed E-state index contributed by atoms with van der Waals surface area (Å²) >= 11 is 5.28. The summed E-state index contributed by atoms with van der Waals surface area (Å²) in [5.74, 6) is 1.46. The van der Waals surface area contributed by atoms with Crippen molar-refractivity contribution in [2.24, 2.45) is 0 Å². The standard InChI is InChI=1S/C16H21N3O3S/c1-12-10-18(7-8-21-12)11-19-16(23)22-15(17-19)9-13-3-5-14(20-2)6-4-13/h3-6,12H,7-11H2,1-2H3/t12-/m1/s1. The summed E-state index contributed by atoms with van der Waals surface area (Å²) in [6.07, 6.45) is 0.851. The van der Waals surface area contributed by atoms with Gasteiger partial charge in [-0.25, -0.2) is 4.68 Å². The van der Waals surface area contributed by atoms with Crippen LogP contribution in [0.2, 0.25) is 0 Å². The second kappa shape index (κ2) is 7.25. The van der Waals surface area contributed by atoms with Crippen LogP contribution in [0.4, 0.5) is 0 Å². The molecule has 1 saturated heterocycles. The second-order valence-corrected chi connectivity index (χ2v) is 6.04. The van der Waals surface area contributed by atoms with Crippen molar-refractivity contribution >= 4 is 12.2 Å². The van der Waals surface area contributed by atoms with Gasteiger partial charge in [-0.2, -0.15) is 0 Å². The van der Waals surface area contributed by atoms with Crippen molar-refractivity contribution in [3.63, 3.8) is 0 Å². The molecule has 7 heteroatoms. The predicted octanol–water partition coefficient (Wildman–Crippen LogP) is 2.48. The highest BCUT2D eigenvalue weighted by molar-refractivity contribution is 7.71. The predicted molar refractivity (Wildman–Crippen MR) is 88.1 cm³/mol. The van der Waals surface area contributed by atoms with Gasteiger partial charge in [0.15, 0.2) is 0 Å². The van der Waals surface area contributed by atoms with Crippen LogP contribution in [0.15, 0.2) is 28.7 Å². The van der Waals surface area contributed by atoms with Crippen molar-refractivity contribution in [2.45, 2.75) is 26.1 Å². The molecule has 1 aliphatic heterocycles. The van der Waals surface area contributed by atoms with Gasteiger partial charge in [0, 0.05) is 13.1 Å². The third kappa shape index (κ3) is 4.19. The molecule has 0 bridgehead atoms. The quantitative estimate of drug-likeness (QED) is 0.783. The molecular weight excluding hydrogens is 314 g/mol. The fourth-order valence-corrected chi connectivity index (χ4v) is 2.83. The monoisotopic (exact) mass is 335 g/mol.